The van der Waals surface area contributed by atoms with E-state index >= 15 is 0 Å². The number of halogens is 1. The molecule has 0 amide bonds. The van der Waals surface area contributed by atoms with Crippen LogP contribution in [0.5, 0.6) is 5.75 Å². The number of fused-ring (bicyclic) bond motifs is 1. The second-order valence-electron chi connectivity index (χ2n) is 14.4. The summed E-state index contributed by atoms with van der Waals surface area (Å²) in [6.07, 6.45) is 2.88. The molecule has 1 N–H and O–H groups in total. The van der Waals surface area contributed by atoms with E-state index in [9.17, 15) is 14.3 Å². The number of aryl methyl sites for hydroxylation is 4. The maximum absolute atomic E-state index is 14.6. The van der Waals surface area contributed by atoms with Gasteiger partial charge in [0, 0.05) is 42.0 Å². The van der Waals surface area contributed by atoms with E-state index in [4.69, 9.17) is 14.5 Å². The van der Waals surface area contributed by atoms with Crippen molar-refractivity contribution in [2.45, 2.75) is 105 Å². The first-order chi connectivity index (χ1) is 20.6. The Hall–Kier alpha value is -3.45. The van der Waals surface area contributed by atoms with Crippen LogP contribution in [0.2, 0.25) is 0 Å². The number of benzene rings is 2. The first-order valence-electron chi connectivity index (χ1n) is 15.8. The number of carboxylic acids is 1. The van der Waals surface area contributed by atoms with Crippen LogP contribution in [0.1, 0.15) is 93.6 Å². The van der Waals surface area contributed by atoms with Gasteiger partial charge >= 0.3 is 5.97 Å². The molecule has 0 radical (unpaired) electrons. The van der Waals surface area contributed by atoms with E-state index in [2.05, 4.69) is 30.9 Å². The molecule has 2 aromatic carbocycles. The number of carboxylic acid groups (broad SMARTS) is 1. The normalized spacial score (nSPS) is 18.8. The van der Waals surface area contributed by atoms with Crippen LogP contribution < -0.4 is 9.64 Å². The Balaban J connectivity index is 1.56. The molecule has 3 aromatic rings. The largest absolute Gasteiger partial charge is 0.490 e. The van der Waals surface area contributed by atoms with Crippen LogP contribution in [-0.2, 0) is 22.4 Å². The fourth-order valence-corrected chi connectivity index (χ4v) is 6.56. The molecule has 1 fully saturated rings. The van der Waals surface area contributed by atoms with Crippen LogP contribution in [0.15, 0.2) is 36.4 Å². The number of nitrogens with zero attached hydrogens (tertiary/aromatic N) is 2. The van der Waals surface area contributed by atoms with Crippen LogP contribution in [0.25, 0.3) is 11.1 Å². The summed E-state index contributed by atoms with van der Waals surface area (Å²) in [7, 11) is 0. The molecule has 5 rings (SSSR count). The van der Waals surface area contributed by atoms with Crippen LogP contribution in [-0.4, -0.2) is 40.9 Å². The molecule has 0 aliphatic carbocycles. The van der Waals surface area contributed by atoms with E-state index in [1.54, 1.807) is 6.07 Å². The molecule has 0 bridgehead atoms. The Morgan fingerprint density at radius 1 is 1.11 bits per heavy atom. The number of anilines is 1. The number of aliphatic carboxylic acids is 1. The zero-order chi connectivity index (χ0) is 32.0. The third-order valence-corrected chi connectivity index (χ3v) is 9.00. The second kappa shape index (κ2) is 12.2. The molecule has 236 valence electrons. The highest BCUT2D eigenvalue weighted by Gasteiger charge is 2.36. The number of carbonyl (C=O) groups is 1. The van der Waals surface area contributed by atoms with Gasteiger partial charge in [-0.05, 0) is 113 Å². The van der Waals surface area contributed by atoms with Gasteiger partial charge in [0.2, 0.25) is 0 Å². The van der Waals surface area contributed by atoms with Crippen LogP contribution in [0, 0.1) is 32.0 Å². The molecule has 1 saturated heterocycles. The quantitative estimate of drug-likeness (QED) is 0.293. The summed E-state index contributed by atoms with van der Waals surface area (Å²) in [6.45, 7) is 17.7. The molecule has 3 heterocycles. The Kier molecular flexibility index (Phi) is 8.83. The van der Waals surface area contributed by atoms with E-state index in [1.165, 1.54) is 0 Å². The van der Waals surface area contributed by atoms with Crippen molar-refractivity contribution in [3.05, 3.63) is 75.9 Å². The predicted molar refractivity (Wildman–Crippen MR) is 173 cm³/mol. The molecule has 1 aromatic heterocycles. The molecule has 0 spiro atoms. The summed E-state index contributed by atoms with van der Waals surface area (Å²) in [5.74, 6) is -0.388. The Labute approximate surface area is 261 Å². The van der Waals surface area contributed by atoms with Gasteiger partial charge in [0.05, 0.1) is 11.3 Å². The van der Waals surface area contributed by atoms with Crippen molar-refractivity contribution in [3.63, 3.8) is 0 Å². The summed E-state index contributed by atoms with van der Waals surface area (Å²) >= 11 is 0. The first kappa shape index (κ1) is 32.0. The summed E-state index contributed by atoms with van der Waals surface area (Å²) in [5.41, 5.74) is 7.24. The zero-order valence-electron chi connectivity index (χ0n) is 27.5. The maximum atomic E-state index is 14.6. The maximum Gasteiger partial charge on any atom is 0.337 e. The minimum atomic E-state index is -1.16. The van der Waals surface area contributed by atoms with Crippen molar-refractivity contribution in [3.8, 4) is 16.9 Å². The van der Waals surface area contributed by atoms with Gasteiger partial charge in [-0.1, -0.05) is 32.0 Å². The van der Waals surface area contributed by atoms with Gasteiger partial charge in [0.15, 0.2) is 6.10 Å². The molecule has 44 heavy (non-hydrogen) atoms. The van der Waals surface area contributed by atoms with Crippen LogP contribution in [0.3, 0.4) is 0 Å². The van der Waals surface area contributed by atoms with Crippen molar-refractivity contribution in [2.24, 2.45) is 5.41 Å². The van der Waals surface area contributed by atoms with E-state index in [-0.39, 0.29) is 17.3 Å². The second-order valence-corrected chi connectivity index (χ2v) is 14.4. The number of hydrogen-bond donors (Lipinski definition) is 1. The van der Waals surface area contributed by atoms with E-state index in [0.29, 0.717) is 23.2 Å². The lowest BCUT2D eigenvalue weighted by Crippen LogP contribution is -2.39. The fourth-order valence-electron chi connectivity index (χ4n) is 6.56. The Morgan fingerprint density at radius 3 is 2.45 bits per heavy atom. The third-order valence-electron chi connectivity index (χ3n) is 9.00. The standard InChI is InChI=1S/C37H47FN2O4/c1-22-9-10-25(29(38)19-22)21-28-13-11-26-20-27(12-14-30(26)43-28)31-23(2)39-24(3)32(34(35(41)42)44-36(4,5)6)33(31)40-17-15-37(7,8)16-18-40/h9-10,12,14,19-20,28,34H,11,13,15-18,21H2,1-8H3,(H,41,42). The molecule has 0 saturated carbocycles. The highest BCUT2D eigenvalue weighted by Crippen LogP contribution is 2.46. The Morgan fingerprint density at radius 2 is 1.82 bits per heavy atom. The van der Waals surface area contributed by atoms with Crippen molar-refractivity contribution >= 4 is 11.7 Å². The minimum absolute atomic E-state index is 0.0990. The molecule has 7 heteroatoms. The van der Waals surface area contributed by atoms with Crippen molar-refractivity contribution < 1.29 is 23.8 Å². The average Bonchev–Trinajstić information content (AvgIpc) is 2.92. The lowest BCUT2D eigenvalue weighted by atomic mass is 9.81. The summed E-state index contributed by atoms with van der Waals surface area (Å²) in [6, 6.07) is 11.6. The lowest BCUT2D eigenvalue weighted by Gasteiger charge is -2.41. The SMILES string of the molecule is Cc1ccc(CC2CCc3cc(-c4c(C)nc(C)c(C(OC(C)(C)C)C(=O)O)c4N4CCC(C)(C)CC4)ccc3O2)c(F)c1. The monoisotopic (exact) mass is 602 g/mol. The number of rotatable bonds is 7. The minimum Gasteiger partial charge on any atom is -0.490 e. The summed E-state index contributed by atoms with van der Waals surface area (Å²) < 4.78 is 27.2. The molecular weight excluding hydrogens is 555 g/mol. The highest BCUT2D eigenvalue weighted by molar-refractivity contribution is 5.88. The number of pyridine rings is 1. The van der Waals surface area contributed by atoms with Gasteiger partial charge < -0.3 is 19.5 Å². The van der Waals surface area contributed by atoms with Gasteiger partial charge in [-0.25, -0.2) is 9.18 Å². The lowest BCUT2D eigenvalue weighted by molar-refractivity contribution is -0.160. The van der Waals surface area contributed by atoms with Gasteiger partial charge in [0.25, 0.3) is 0 Å². The number of aromatic nitrogens is 1. The van der Waals surface area contributed by atoms with Crippen molar-refractivity contribution in [1.82, 2.24) is 4.98 Å². The van der Waals surface area contributed by atoms with Gasteiger partial charge in [0.1, 0.15) is 17.7 Å². The molecular formula is C37H47FN2O4. The molecule has 2 atom stereocenters. The number of ether oxygens (including phenoxy) is 2. The predicted octanol–water partition coefficient (Wildman–Crippen LogP) is 8.32. The molecule has 2 unspecified atom stereocenters. The average molecular weight is 603 g/mol. The molecule has 6 nitrogen and oxygen atoms in total. The van der Waals surface area contributed by atoms with Crippen LogP contribution in [0.4, 0.5) is 10.1 Å². The van der Waals surface area contributed by atoms with Crippen LogP contribution >= 0.6 is 0 Å². The topological polar surface area (TPSA) is 71.9 Å². The number of piperidine rings is 1. The number of hydrogen-bond acceptors (Lipinski definition) is 5. The van der Waals surface area contributed by atoms with E-state index in [0.717, 1.165) is 78.2 Å². The van der Waals surface area contributed by atoms with Gasteiger partial charge in [-0.2, -0.15) is 0 Å². The van der Waals surface area contributed by atoms with Crippen molar-refractivity contribution in [1.29, 1.82) is 0 Å². The van der Waals surface area contributed by atoms with Gasteiger partial charge in [-0.15, -0.1) is 0 Å². The summed E-state index contributed by atoms with van der Waals surface area (Å²) in [4.78, 5) is 20.0. The Bertz CT molecular complexity index is 1550. The first-order valence-corrected chi connectivity index (χ1v) is 15.8. The zero-order valence-corrected chi connectivity index (χ0v) is 27.5. The highest BCUT2D eigenvalue weighted by atomic mass is 19.1. The molecule has 2 aliphatic rings. The van der Waals surface area contributed by atoms with Gasteiger partial charge in [-0.3, -0.25) is 4.98 Å². The third kappa shape index (κ3) is 6.93. The summed E-state index contributed by atoms with van der Waals surface area (Å²) in [5, 5.41) is 10.5. The van der Waals surface area contributed by atoms with E-state index in [1.807, 2.05) is 59.7 Å². The smallest absolute Gasteiger partial charge is 0.337 e. The fraction of sp³-hybridized carbons (Fsp3) is 0.514. The molecule has 2 aliphatic heterocycles. The van der Waals surface area contributed by atoms with Crippen molar-refractivity contribution in [2.75, 3.05) is 18.0 Å². The van der Waals surface area contributed by atoms with E-state index < -0.39 is 17.7 Å².